The van der Waals surface area contributed by atoms with Gasteiger partial charge in [0.15, 0.2) is 0 Å². The first kappa shape index (κ1) is 12.9. The second-order valence-corrected chi connectivity index (χ2v) is 5.32. The maximum absolute atomic E-state index is 12.0. The van der Waals surface area contributed by atoms with E-state index in [-0.39, 0.29) is 12.3 Å². The van der Waals surface area contributed by atoms with E-state index in [1.807, 2.05) is 18.2 Å². The van der Waals surface area contributed by atoms with Gasteiger partial charge in [0.25, 0.3) is 5.91 Å². The van der Waals surface area contributed by atoms with E-state index in [2.05, 4.69) is 21.2 Å². The molecule has 0 aliphatic carbocycles. The molecule has 3 rings (SSSR count). The number of hydrogen-bond donors (Lipinski definition) is 1. The lowest BCUT2D eigenvalue weighted by Crippen LogP contribution is -2.37. The predicted octanol–water partition coefficient (Wildman–Crippen LogP) is 3.05. The van der Waals surface area contributed by atoms with E-state index < -0.39 is 5.91 Å². The second-order valence-electron chi connectivity index (χ2n) is 4.40. The molecule has 20 heavy (non-hydrogen) atoms. The van der Waals surface area contributed by atoms with Gasteiger partial charge in [-0.15, -0.1) is 0 Å². The van der Waals surface area contributed by atoms with Crippen LogP contribution >= 0.6 is 15.9 Å². The van der Waals surface area contributed by atoms with Gasteiger partial charge in [-0.05, 0) is 29.8 Å². The van der Waals surface area contributed by atoms with Crippen molar-refractivity contribution in [3.8, 4) is 11.5 Å². The zero-order valence-corrected chi connectivity index (χ0v) is 11.9. The molecule has 0 saturated heterocycles. The third-order valence-electron chi connectivity index (χ3n) is 2.97. The van der Waals surface area contributed by atoms with Crippen molar-refractivity contribution in [1.82, 2.24) is 5.32 Å². The lowest BCUT2D eigenvalue weighted by atomic mass is 9.99. The Hall–Kier alpha value is -2.14. The number of benzene rings is 2. The Morgan fingerprint density at radius 2 is 1.90 bits per heavy atom. The average Bonchev–Trinajstić information content (AvgIpc) is 2.38. The molecule has 0 atom stereocenters. The van der Waals surface area contributed by atoms with Crippen molar-refractivity contribution >= 4 is 27.7 Å². The summed E-state index contributed by atoms with van der Waals surface area (Å²) in [5, 5.41) is 2.31. The molecular formula is C15H10BrNO3. The Kier molecular flexibility index (Phi) is 3.28. The monoisotopic (exact) mass is 331 g/mol. The second kappa shape index (κ2) is 5.09. The number of halogens is 1. The summed E-state index contributed by atoms with van der Waals surface area (Å²) >= 11 is 3.37. The minimum atomic E-state index is -0.415. The molecule has 0 radical (unpaired) electrons. The van der Waals surface area contributed by atoms with Crippen molar-refractivity contribution in [3.05, 3.63) is 58.1 Å². The summed E-state index contributed by atoms with van der Waals surface area (Å²) in [5.41, 5.74) is 1.11. The number of imide groups is 1. The van der Waals surface area contributed by atoms with E-state index in [1.165, 1.54) is 0 Å². The van der Waals surface area contributed by atoms with Crippen LogP contribution in [0.15, 0.2) is 46.9 Å². The first-order chi connectivity index (χ1) is 9.63. The van der Waals surface area contributed by atoms with E-state index >= 15 is 0 Å². The fourth-order valence-electron chi connectivity index (χ4n) is 2.13. The van der Waals surface area contributed by atoms with Crippen LogP contribution < -0.4 is 10.1 Å². The van der Waals surface area contributed by atoms with E-state index in [0.29, 0.717) is 22.6 Å². The number of nitrogens with one attached hydrogen (secondary N) is 1. The van der Waals surface area contributed by atoms with Crippen molar-refractivity contribution in [2.24, 2.45) is 0 Å². The molecule has 0 aromatic heterocycles. The van der Waals surface area contributed by atoms with Crippen LogP contribution in [0.25, 0.3) is 0 Å². The lowest BCUT2D eigenvalue weighted by Gasteiger charge is -2.18. The summed E-state index contributed by atoms with van der Waals surface area (Å²) in [7, 11) is 0. The van der Waals surface area contributed by atoms with Crippen LogP contribution in [0.3, 0.4) is 0 Å². The van der Waals surface area contributed by atoms with Crippen molar-refractivity contribution in [1.29, 1.82) is 0 Å². The van der Waals surface area contributed by atoms with Crippen LogP contribution in [0.5, 0.6) is 11.5 Å². The van der Waals surface area contributed by atoms with E-state index in [4.69, 9.17) is 4.74 Å². The third kappa shape index (κ3) is 2.44. The van der Waals surface area contributed by atoms with Gasteiger partial charge in [0.2, 0.25) is 5.91 Å². The minimum Gasteiger partial charge on any atom is -0.456 e. The maximum atomic E-state index is 12.0. The normalized spacial score (nSPS) is 13.7. The Morgan fingerprint density at radius 1 is 1.10 bits per heavy atom. The highest BCUT2D eigenvalue weighted by Crippen LogP contribution is 2.30. The third-order valence-corrected chi connectivity index (χ3v) is 3.46. The first-order valence-electron chi connectivity index (χ1n) is 6.03. The fourth-order valence-corrected chi connectivity index (χ4v) is 2.51. The molecule has 2 aromatic rings. The molecule has 0 spiro atoms. The van der Waals surface area contributed by atoms with Crippen molar-refractivity contribution in [2.45, 2.75) is 6.42 Å². The number of carbonyl (C=O) groups excluding carboxylic acids is 2. The molecule has 1 heterocycles. The van der Waals surface area contributed by atoms with Crippen LogP contribution in [0, 0.1) is 0 Å². The van der Waals surface area contributed by atoms with Gasteiger partial charge >= 0.3 is 0 Å². The summed E-state index contributed by atoms with van der Waals surface area (Å²) in [6.07, 6.45) is 0.191. The fraction of sp³-hybridized carbons (Fsp3) is 0.0667. The molecule has 5 heteroatoms. The van der Waals surface area contributed by atoms with Gasteiger partial charge in [-0.2, -0.15) is 0 Å². The Labute approximate surface area is 123 Å². The highest BCUT2D eigenvalue weighted by atomic mass is 79.9. The average molecular weight is 332 g/mol. The van der Waals surface area contributed by atoms with Crippen molar-refractivity contribution in [3.63, 3.8) is 0 Å². The van der Waals surface area contributed by atoms with Gasteiger partial charge < -0.3 is 4.74 Å². The Morgan fingerprint density at radius 3 is 2.70 bits per heavy atom. The van der Waals surface area contributed by atoms with E-state index in [9.17, 15) is 9.59 Å². The number of amides is 2. The van der Waals surface area contributed by atoms with Crippen LogP contribution in [0.4, 0.5) is 0 Å². The molecule has 0 fully saturated rings. The number of rotatable bonds is 2. The minimum absolute atomic E-state index is 0.191. The Balaban J connectivity index is 2.01. The zero-order valence-electron chi connectivity index (χ0n) is 10.4. The highest BCUT2D eigenvalue weighted by molar-refractivity contribution is 9.10. The van der Waals surface area contributed by atoms with Gasteiger partial charge in [0, 0.05) is 4.47 Å². The molecule has 1 aliphatic rings. The number of ether oxygens (including phenoxy) is 1. The molecule has 0 saturated carbocycles. The maximum Gasteiger partial charge on any atom is 0.261 e. The molecular weight excluding hydrogens is 322 g/mol. The predicted molar refractivity (Wildman–Crippen MR) is 76.8 cm³/mol. The summed E-state index contributed by atoms with van der Waals surface area (Å²) < 4.78 is 6.65. The Bertz CT molecular complexity index is 712. The van der Waals surface area contributed by atoms with Gasteiger partial charge in [0.05, 0.1) is 12.0 Å². The number of fused-ring (bicyclic) bond motifs is 1. The van der Waals surface area contributed by atoms with Crippen LogP contribution in [-0.4, -0.2) is 11.8 Å². The molecule has 0 bridgehead atoms. The zero-order chi connectivity index (χ0) is 14.1. The summed E-state index contributed by atoms with van der Waals surface area (Å²) in [6, 6.07) is 12.6. The van der Waals surface area contributed by atoms with Gasteiger partial charge in [-0.3, -0.25) is 14.9 Å². The lowest BCUT2D eigenvalue weighted by molar-refractivity contribution is -0.119. The summed E-state index contributed by atoms with van der Waals surface area (Å²) in [5.74, 6) is 0.368. The topological polar surface area (TPSA) is 55.4 Å². The van der Waals surface area contributed by atoms with Gasteiger partial charge in [0.1, 0.15) is 11.5 Å². The largest absolute Gasteiger partial charge is 0.456 e. The van der Waals surface area contributed by atoms with Gasteiger partial charge in [-0.1, -0.05) is 34.1 Å². The quantitative estimate of drug-likeness (QED) is 0.860. The SMILES string of the molecule is O=C1Cc2cccc(Oc3cccc(Br)c3)c2C(=O)N1. The molecule has 100 valence electrons. The van der Waals surface area contributed by atoms with Crippen LogP contribution in [0.2, 0.25) is 0 Å². The molecule has 4 nitrogen and oxygen atoms in total. The van der Waals surface area contributed by atoms with Crippen LogP contribution in [0.1, 0.15) is 15.9 Å². The molecule has 0 unspecified atom stereocenters. The molecule has 1 N–H and O–H groups in total. The number of carbonyl (C=O) groups is 2. The number of hydrogen-bond acceptors (Lipinski definition) is 3. The smallest absolute Gasteiger partial charge is 0.261 e. The van der Waals surface area contributed by atoms with Crippen LogP contribution in [-0.2, 0) is 11.2 Å². The standard InChI is InChI=1S/C15H10BrNO3/c16-10-4-2-5-11(8-10)20-12-6-1-3-9-7-13(18)17-15(19)14(9)12/h1-6,8H,7H2,(H,17,18,19). The first-order valence-corrected chi connectivity index (χ1v) is 6.82. The van der Waals surface area contributed by atoms with Crippen molar-refractivity contribution in [2.75, 3.05) is 0 Å². The summed E-state index contributed by atoms with van der Waals surface area (Å²) in [4.78, 5) is 23.3. The molecule has 1 aliphatic heterocycles. The van der Waals surface area contributed by atoms with Crippen molar-refractivity contribution < 1.29 is 14.3 Å². The van der Waals surface area contributed by atoms with Gasteiger partial charge in [-0.25, -0.2) is 0 Å². The molecule has 2 aromatic carbocycles. The van der Waals surface area contributed by atoms with E-state index in [0.717, 1.165) is 4.47 Å². The highest BCUT2D eigenvalue weighted by Gasteiger charge is 2.25. The van der Waals surface area contributed by atoms with E-state index in [1.54, 1.807) is 24.3 Å². The molecule has 2 amide bonds. The summed E-state index contributed by atoms with van der Waals surface area (Å²) in [6.45, 7) is 0.